The lowest BCUT2D eigenvalue weighted by Gasteiger charge is -2.01. The lowest BCUT2D eigenvalue weighted by molar-refractivity contribution is 0.322. The minimum absolute atomic E-state index is 0.339. The number of rotatable bonds is 6. The molecule has 0 aliphatic heterocycles. The number of unbranched alkanes of at least 4 members (excludes halogenated alkanes) is 1. The van der Waals surface area contributed by atoms with Gasteiger partial charge in [0.1, 0.15) is 0 Å². The van der Waals surface area contributed by atoms with Gasteiger partial charge in [0.25, 0.3) is 0 Å². The van der Waals surface area contributed by atoms with Gasteiger partial charge in [-0.2, -0.15) is 0 Å². The van der Waals surface area contributed by atoms with E-state index >= 15 is 0 Å². The second-order valence-corrected chi connectivity index (χ2v) is 3.94. The second kappa shape index (κ2) is 6.68. The van der Waals surface area contributed by atoms with Crippen molar-refractivity contribution in [1.29, 1.82) is 0 Å². The van der Waals surface area contributed by atoms with Crippen molar-refractivity contribution >= 4 is 11.1 Å². The standard InChI is InChI=1S/C10H13FO2S/c11-8-4-5-9-13-14(12)10-6-2-1-3-7-10/h1-3,6-7H,4-5,8-9H2. The summed E-state index contributed by atoms with van der Waals surface area (Å²) in [6.07, 6.45) is 1.07. The van der Waals surface area contributed by atoms with Crippen LogP contribution < -0.4 is 0 Å². The van der Waals surface area contributed by atoms with Crippen LogP contribution in [0.15, 0.2) is 35.2 Å². The number of alkyl halides is 1. The summed E-state index contributed by atoms with van der Waals surface area (Å²) in [6, 6.07) is 8.94. The predicted octanol–water partition coefficient (Wildman–Crippen LogP) is 2.48. The molecule has 1 aromatic carbocycles. The van der Waals surface area contributed by atoms with Crippen LogP contribution in [0.3, 0.4) is 0 Å². The molecule has 2 nitrogen and oxygen atoms in total. The Labute approximate surface area is 85.8 Å². The Morgan fingerprint density at radius 3 is 2.57 bits per heavy atom. The van der Waals surface area contributed by atoms with Gasteiger partial charge in [0, 0.05) is 0 Å². The predicted molar refractivity (Wildman–Crippen MR) is 54.0 cm³/mol. The van der Waals surface area contributed by atoms with Gasteiger partial charge >= 0.3 is 0 Å². The van der Waals surface area contributed by atoms with E-state index in [0.717, 1.165) is 0 Å². The molecule has 0 aromatic heterocycles. The van der Waals surface area contributed by atoms with E-state index in [4.69, 9.17) is 4.18 Å². The van der Waals surface area contributed by atoms with Crippen molar-refractivity contribution in [2.24, 2.45) is 0 Å². The Hall–Kier alpha value is -0.740. The zero-order valence-corrected chi connectivity index (χ0v) is 8.63. The highest BCUT2D eigenvalue weighted by molar-refractivity contribution is 7.80. The molecule has 1 atom stereocenters. The molecule has 1 unspecified atom stereocenters. The molecule has 14 heavy (non-hydrogen) atoms. The highest BCUT2D eigenvalue weighted by atomic mass is 32.2. The molecule has 0 radical (unpaired) electrons. The smallest absolute Gasteiger partial charge is 0.189 e. The van der Waals surface area contributed by atoms with Gasteiger partial charge in [-0.1, -0.05) is 18.2 Å². The molecule has 0 aliphatic rings. The lowest BCUT2D eigenvalue weighted by Crippen LogP contribution is -2.00. The molecule has 0 saturated carbocycles. The summed E-state index contributed by atoms with van der Waals surface area (Å²) < 4.78 is 28.1. The first-order chi connectivity index (χ1) is 6.84. The molecular weight excluding hydrogens is 203 g/mol. The summed E-state index contributed by atoms with van der Waals surface area (Å²) in [4.78, 5) is 0.646. The van der Waals surface area contributed by atoms with E-state index in [1.165, 1.54) is 0 Å². The molecule has 0 spiro atoms. The van der Waals surface area contributed by atoms with E-state index in [-0.39, 0.29) is 6.67 Å². The maximum absolute atomic E-state index is 11.7. The molecule has 0 amide bonds. The van der Waals surface area contributed by atoms with Crippen LogP contribution in [-0.2, 0) is 15.3 Å². The maximum atomic E-state index is 11.7. The third kappa shape index (κ3) is 3.98. The van der Waals surface area contributed by atoms with Gasteiger partial charge in [-0.15, -0.1) is 0 Å². The van der Waals surface area contributed by atoms with Gasteiger partial charge in [-0.25, -0.2) is 4.21 Å². The van der Waals surface area contributed by atoms with Crippen LogP contribution in [0.1, 0.15) is 12.8 Å². The fourth-order valence-electron chi connectivity index (χ4n) is 0.931. The third-order valence-corrected chi connectivity index (χ3v) is 2.69. The summed E-state index contributed by atoms with van der Waals surface area (Å²) in [5.74, 6) is 0. The average molecular weight is 216 g/mol. The fourth-order valence-corrected chi connectivity index (χ4v) is 1.72. The first-order valence-electron chi connectivity index (χ1n) is 4.50. The van der Waals surface area contributed by atoms with Crippen molar-refractivity contribution in [3.05, 3.63) is 30.3 Å². The summed E-state index contributed by atoms with van der Waals surface area (Å²) >= 11 is -1.41. The highest BCUT2D eigenvalue weighted by Crippen LogP contribution is 2.07. The molecule has 0 aliphatic carbocycles. The Morgan fingerprint density at radius 1 is 1.21 bits per heavy atom. The van der Waals surface area contributed by atoms with Crippen molar-refractivity contribution in [3.63, 3.8) is 0 Å². The Morgan fingerprint density at radius 2 is 1.93 bits per heavy atom. The molecular formula is C10H13FO2S. The van der Waals surface area contributed by atoms with Crippen molar-refractivity contribution in [1.82, 2.24) is 0 Å². The Bertz CT molecular complexity index is 277. The third-order valence-electron chi connectivity index (χ3n) is 1.65. The molecule has 1 rings (SSSR count). The van der Waals surface area contributed by atoms with Gasteiger partial charge in [0.2, 0.25) is 0 Å². The van der Waals surface area contributed by atoms with E-state index < -0.39 is 11.1 Å². The normalized spacial score (nSPS) is 12.6. The van der Waals surface area contributed by atoms with Crippen molar-refractivity contribution in [2.75, 3.05) is 13.3 Å². The van der Waals surface area contributed by atoms with Crippen LogP contribution in [0, 0.1) is 0 Å². The van der Waals surface area contributed by atoms with Crippen LogP contribution in [0.2, 0.25) is 0 Å². The topological polar surface area (TPSA) is 26.3 Å². The average Bonchev–Trinajstić information content (AvgIpc) is 2.25. The van der Waals surface area contributed by atoms with Crippen LogP contribution in [0.4, 0.5) is 4.39 Å². The quantitative estimate of drug-likeness (QED) is 0.683. The number of hydrogen-bond donors (Lipinski definition) is 0. The summed E-state index contributed by atoms with van der Waals surface area (Å²) in [6.45, 7) is -0.00719. The van der Waals surface area contributed by atoms with Crippen LogP contribution in [-0.4, -0.2) is 17.5 Å². The zero-order valence-electron chi connectivity index (χ0n) is 7.82. The molecule has 78 valence electrons. The highest BCUT2D eigenvalue weighted by Gasteiger charge is 2.02. The minimum atomic E-state index is -1.41. The van der Waals surface area contributed by atoms with E-state index in [1.807, 2.05) is 6.07 Å². The second-order valence-electron chi connectivity index (χ2n) is 2.77. The molecule has 0 bridgehead atoms. The summed E-state index contributed by atoms with van der Waals surface area (Å²) in [7, 11) is 0. The fraction of sp³-hybridized carbons (Fsp3) is 0.400. The lowest BCUT2D eigenvalue weighted by atomic mass is 10.4. The maximum Gasteiger partial charge on any atom is 0.189 e. The number of hydrogen-bond acceptors (Lipinski definition) is 2. The van der Waals surface area contributed by atoms with Gasteiger partial charge < -0.3 is 0 Å². The van der Waals surface area contributed by atoms with Crippen LogP contribution >= 0.6 is 0 Å². The SMILES string of the molecule is O=S(OCCCCF)c1ccccc1. The Kier molecular flexibility index (Phi) is 5.40. The first-order valence-corrected chi connectivity index (χ1v) is 5.58. The van der Waals surface area contributed by atoms with Crippen LogP contribution in [0.5, 0.6) is 0 Å². The molecule has 0 heterocycles. The van der Waals surface area contributed by atoms with Crippen molar-refractivity contribution < 1.29 is 12.8 Å². The molecule has 0 N–H and O–H groups in total. The number of benzene rings is 1. The van der Waals surface area contributed by atoms with Crippen molar-refractivity contribution in [3.8, 4) is 0 Å². The van der Waals surface area contributed by atoms with E-state index in [0.29, 0.717) is 24.3 Å². The molecule has 4 heteroatoms. The minimum Gasteiger partial charge on any atom is -0.287 e. The summed E-state index contributed by atoms with van der Waals surface area (Å²) in [5.41, 5.74) is 0. The van der Waals surface area contributed by atoms with E-state index in [9.17, 15) is 8.60 Å². The largest absolute Gasteiger partial charge is 0.287 e. The van der Waals surface area contributed by atoms with Gasteiger partial charge in [-0.3, -0.25) is 8.57 Å². The van der Waals surface area contributed by atoms with Gasteiger partial charge in [-0.05, 0) is 25.0 Å². The number of halogens is 1. The first kappa shape index (κ1) is 11.3. The van der Waals surface area contributed by atoms with Gasteiger partial charge in [0.15, 0.2) is 11.1 Å². The Balaban J connectivity index is 2.29. The monoisotopic (exact) mass is 216 g/mol. The molecule has 0 fully saturated rings. The van der Waals surface area contributed by atoms with E-state index in [2.05, 4.69) is 0 Å². The van der Waals surface area contributed by atoms with Crippen LogP contribution in [0.25, 0.3) is 0 Å². The molecule has 0 saturated heterocycles. The van der Waals surface area contributed by atoms with Gasteiger partial charge in [0.05, 0.1) is 18.2 Å². The summed E-state index contributed by atoms with van der Waals surface area (Å²) in [5, 5.41) is 0. The molecule has 1 aromatic rings. The van der Waals surface area contributed by atoms with E-state index in [1.54, 1.807) is 24.3 Å². The van der Waals surface area contributed by atoms with Crippen molar-refractivity contribution in [2.45, 2.75) is 17.7 Å². The zero-order chi connectivity index (χ0) is 10.2.